The molecule has 2 aliphatic rings. The maximum absolute atomic E-state index is 13.8. The highest BCUT2D eigenvalue weighted by atomic mass is 19.3. The molecule has 1 amide bonds. The number of nitrogens with one attached hydrogen (secondary N) is 3. The highest BCUT2D eigenvalue weighted by Gasteiger charge is 2.38. The predicted molar refractivity (Wildman–Crippen MR) is 106 cm³/mol. The van der Waals surface area contributed by atoms with E-state index in [0.717, 1.165) is 25.0 Å². The molecule has 0 radical (unpaired) electrons. The summed E-state index contributed by atoms with van der Waals surface area (Å²) in [6, 6.07) is 7.30. The van der Waals surface area contributed by atoms with E-state index in [1.807, 2.05) is 19.9 Å². The lowest BCUT2D eigenvalue weighted by Crippen LogP contribution is -2.33. The molecule has 156 valence electrons. The van der Waals surface area contributed by atoms with Gasteiger partial charge in [0.15, 0.2) is 5.82 Å². The summed E-state index contributed by atoms with van der Waals surface area (Å²) in [6.45, 7) is 3.78. The molecule has 1 fully saturated rings. The number of carbonyl (C=O) groups is 1. The molecule has 1 aromatic heterocycles. The third-order valence-electron chi connectivity index (χ3n) is 5.52. The van der Waals surface area contributed by atoms with E-state index in [1.165, 1.54) is 0 Å². The molecule has 0 unspecified atom stereocenters. The van der Waals surface area contributed by atoms with Crippen LogP contribution in [0.1, 0.15) is 55.8 Å². The van der Waals surface area contributed by atoms with Gasteiger partial charge in [-0.25, -0.2) is 13.6 Å². The summed E-state index contributed by atoms with van der Waals surface area (Å²) < 4.78 is 33.0. The molecule has 29 heavy (non-hydrogen) atoms. The number of benzene rings is 1. The van der Waals surface area contributed by atoms with Crippen molar-refractivity contribution in [2.24, 2.45) is 0 Å². The Kier molecular flexibility index (Phi) is 5.19. The maximum atomic E-state index is 13.8. The first-order valence-electron chi connectivity index (χ1n) is 10.1. The van der Waals surface area contributed by atoms with Crippen molar-refractivity contribution in [2.45, 2.75) is 69.9 Å². The summed E-state index contributed by atoms with van der Waals surface area (Å²) in [5.41, 5.74) is 2.98. The number of nitrogens with zero attached hydrogens (tertiary/aromatic N) is 1. The lowest BCUT2D eigenvalue weighted by Gasteiger charge is -2.14. The Balaban J connectivity index is 1.38. The lowest BCUT2D eigenvalue weighted by atomic mass is 10.0. The zero-order chi connectivity index (χ0) is 20.6. The molecular weight excluding hydrogens is 378 g/mol. The van der Waals surface area contributed by atoms with Crippen molar-refractivity contribution in [1.29, 1.82) is 0 Å². The number of rotatable bonds is 5. The van der Waals surface area contributed by atoms with Gasteiger partial charge < -0.3 is 15.4 Å². The quantitative estimate of drug-likeness (QED) is 0.677. The summed E-state index contributed by atoms with van der Waals surface area (Å²) in [4.78, 5) is 11.8. The largest absolute Gasteiger partial charge is 0.446 e. The third-order valence-corrected chi connectivity index (χ3v) is 5.52. The smallest absolute Gasteiger partial charge is 0.407 e. The van der Waals surface area contributed by atoms with Crippen molar-refractivity contribution in [3.05, 3.63) is 41.1 Å². The third kappa shape index (κ3) is 4.52. The molecule has 6 nitrogen and oxygen atoms in total. The summed E-state index contributed by atoms with van der Waals surface area (Å²) in [6.07, 6.45) is 1.49. The Morgan fingerprint density at radius 1 is 1.31 bits per heavy atom. The molecule has 2 aromatic rings. The minimum absolute atomic E-state index is 0.0420. The second-order valence-electron chi connectivity index (χ2n) is 8.32. The van der Waals surface area contributed by atoms with Crippen LogP contribution in [0.4, 0.5) is 25.1 Å². The van der Waals surface area contributed by atoms with Gasteiger partial charge in [-0.2, -0.15) is 5.10 Å². The number of anilines is 2. The lowest BCUT2D eigenvalue weighted by molar-refractivity contribution is 0.0131. The van der Waals surface area contributed by atoms with Crippen LogP contribution >= 0.6 is 0 Å². The van der Waals surface area contributed by atoms with Crippen LogP contribution in [0.15, 0.2) is 24.3 Å². The first-order chi connectivity index (χ1) is 13.8. The second-order valence-corrected chi connectivity index (χ2v) is 8.32. The van der Waals surface area contributed by atoms with Crippen LogP contribution in [0.2, 0.25) is 0 Å². The van der Waals surface area contributed by atoms with Gasteiger partial charge in [-0.3, -0.25) is 5.10 Å². The molecule has 1 aromatic carbocycles. The van der Waals surface area contributed by atoms with Crippen molar-refractivity contribution in [2.75, 3.05) is 5.32 Å². The number of aromatic amines is 1. The molecule has 1 saturated carbocycles. The SMILES string of the molecule is CC(C)NC(=O)O[C@@H]1CC[C@H](c2cc(Nc3cccc4c3CC(F)(F)C4)n[nH]2)C1. The number of H-pyrrole nitrogens is 1. The first kappa shape index (κ1) is 19.7. The molecule has 1 heterocycles. The zero-order valence-electron chi connectivity index (χ0n) is 16.6. The topological polar surface area (TPSA) is 79.0 Å². The van der Waals surface area contributed by atoms with Gasteiger partial charge in [0, 0.05) is 42.2 Å². The van der Waals surface area contributed by atoms with E-state index in [9.17, 15) is 13.6 Å². The van der Waals surface area contributed by atoms with E-state index >= 15 is 0 Å². The number of hydrogen-bond acceptors (Lipinski definition) is 4. The monoisotopic (exact) mass is 404 g/mol. The van der Waals surface area contributed by atoms with E-state index in [-0.39, 0.29) is 37.0 Å². The number of hydrogen-bond donors (Lipinski definition) is 3. The molecule has 0 aliphatic heterocycles. The van der Waals surface area contributed by atoms with Crippen molar-refractivity contribution < 1.29 is 18.3 Å². The van der Waals surface area contributed by atoms with Gasteiger partial charge in [-0.15, -0.1) is 0 Å². The van der Waals surface area contributed by atoms with Crippen molar-refractivity contribution >= 4 is 17.6 Å². The number of alkyl carbamates (subject to hydrolysis) is 1. The van der Waals surface area contributed by atoms with E-state index in [4.69, 9.17) is 4.74 Å². The predicted octanol–water partition coefficient (Wildman–Crippen LogP) is 4.66. The average molecular weight is 404 g/mol. The molecule has 2 atom stereocenters. The number of alkyl halides is 2. The Morgan fingerprint density at radius 3 is 2.93 bits per heavy atom. The van der Waals surface area contributed by atoms with Gasteiger partial charge in [0.1, 0.15) is 6.10 Å². The Morgan fingerprint density at radius 2 is 2.14 bits per heavy atom. The highest BCUT2D eigenvalue weighted by Crippen LogP contribution is 2.40. The summed E-state index contributed by atoms with van der Waals surface area (Å²) in [7, 11) is 0. The highest BCUT2D eigenvalue weighted by molar-refractivity contribution is 5.67. The number of fused-ring (bicyclic) bond motifs is 1. The summed E-state index contributed by atoms with van der Waals surface area (Å²) in [5.74, 6) is -1.86. The van der Waals surface area contributed by atoms with Crippen LogP contribution in [0, 0.1) is 0 Å². The molecular formula is C21H26F2N4O2. The molecule has 0 spiro atoms. The van der Waals surface area contributed by atoms with Crippen LogP contribution in [-0.4, -0.2) is 34.4 Å². The Bertz CT molecular complexity index is 897. The van der Waals surface area contributed by atoms with Gasteiger partial charge in [0.25, 0.3) is 5.92 Å². The number of aromatic nitrogens is 2. The molecule has 2 aliphatic carbocycles. The Hall–Kier alpha value is -2.64. The van der Waals surface area contributed by atoms with Crippen molar-refractivity contribution in [3.8, 4) is 0 Å². The maximum Gasteiger partial charge on any atom is 0.407 e. The average Bonchev–Trinajstić information content (AvgIpc) is 3.32. The molecule has 0 saturated heterocycles. The molecule has 0 bridgehead atoms. The minimum atomic E-state index is -2.68. The van der Waals surface area contributed by atoms with E-state index in [2.05, 4.69) is 20.8 Å². The first-order valence-corrected chi connectivity index (χ1v) is 10.1. The molecule has 4 rings (SSSR count). The summed E-state index contributed by atoms with van der Waals surface area (Å²) >= 11 is 0. The standard InChI is InChI=1S/C21H26F2N4O2/c1-12(2)24-20(28)29-15-7-6-13(8-15)18-9-19(27-26-18)25-17-5-3-4-14-10-21(22,23)11-16(14)17/h3-5,9,12-13,15H,6-8,10-11H2,1-2H3,(H,24,28)(H2,25,26,27)/t13-,15+/m0/s1. The van der Waals surface area contributed by atoms with Crippen LogP contribution in [0.25, 0.3) is 0 Å². The van der Waals surface area contributed by atoms with E-state index < -0.39 is 5.92 Å². The molecule has 3 N–H and O–H groups in total. The van der Waals surface area contributed by atoms with Crippen molar-refractivity contribution in [3.63, 3.8) is 0 Å². The fraction of sp³-hybridized carbons (Fsp3) is 0.524. The van der Waals surface area contributed by atoms with Gasteiger partial charge in [0.05, 0.1) is 0 Å². The summed E-state index contributed by atoms with van der Waals surface area (Å²) in [5, 5.41) is 13.3. The number of amides is 1. The second kappa shape index (κ2) is 7.65. The minimum Gasteiger partial charge on any atom is -0.446 e. The van der Waals surface area contributed by atoms with Crippen LogP contribution < -0.4 is 10.6 Å². The van der Waals surface area contributed by atoms with Gasteiger partial charge in [0.2, 0.25) is 0 Å². The van der Waals surface area contributed by atoms with Gasteiger partial charge >= 0.3 is 6.09 Å². The number of carbonyl (C=O) groups excluding carboxylic acids is 1. The van der Waals surface area contributed by atoms with Crippen molar-refractivity contribution in [1.82, 2.24) is 15.5 Å². The number of ether oxygens (including phenoxy) is 1. The zero-order valence-corrected chi connectivity index (χ0v) is 16.6. The fourth-order valence-electron chi connectivity index (χ4n) is 4.22. The van der Waals surface area contributed by atoms with Gasteiger partial charge in [-0.1, -0.05) is 12.1 Å². The van der Waals surface area contributed by atoms with Crippen LogP contribution in [0.5, 0.6) is 0 Å². The number of halogens is 2. The molecule has 8 heteroatoms. The van der Waals surface area contributed by atoms with E-state index in [1.54, 1.807) is 18.2 Å². The normalized spacial score (nSPS) is 22.5. The van der Waals surface area contributed by atoms with Crippen LogP contribution in [0.3, 0.4) is 0 Å². The van der Waals surface area contributed by atoms with Gasteiger partial charge in [-0.05, 0) is 50.3 Å². The Labute approximate surface area is 168 Å². The van der Waals surface area contributed by atoms with E-state index in [0.29, 0.717) is 22.6 Å². The van der Waals surface area contributed by atoms with Crippen LogP contribution in [-0.2, 0) is 17.6 Å². The fourth-order valence-corrected chi connectivity index (χ4v) is 4.22.